The van der Waals surface area contributed by atoms with Gasteiger partial charge in [-0.05, 0) is 43.9 Å². The van der Waals surface area contributed by atoms with E-state index >= 15 is 0 Å². The van der Waals surface area contributed by atoms with E-state index in [1.807, 2.05) is 6.92 Å². The molecule has 0 aliphatic carbocycles. The van der Waals surface area contributed by atoms with E-state index in [9.17, 15) is 0 Å². The van der Waals surface area contributed by atoms with Crippen molar-refractivity contribution in [3.05, 3.63) is 42.0 Å². The van der Waals surface area contributed by atoms with Gasteiger partial charge in [0.05, 0.1) is 18.3 Å². The van der Waals surface area contributed by atoms with Gasteiger partial charge in [-0.1, -0.05) is 13.8 Å². The predicted molar refractivity (Wildman–Crippen MR) is 82.7 cm³/mol. The zero-order valence-electron chi connectivity index (χ0n) is 12.8. The predicted octanol–water partition coefficient (Wildman–Crippen LogP) is 2.98. The van der Waals surface area contributed by atoms with E-state index in [2.05, 4.69) is 58.9 Å². The minimum Gasteiger partial charge on any atom is -0.348 e. The topological polar surface area (TPSA) is 48.8 Å². The Balaban J connectivity index is 2.01. The molecule has 0 radical (unpaired) electrons. The van der Waals surface area contributed by atoms with Crippen LogP contribution in [0.25, 0.3) is 0 Å². The van der Waals surface area contributed by atoms with E-state index in [-0.39, 0.29) is 6.04 Å². The Morgan fingerprint density at radius 2 is 1.95 bits per heavy atom. The lowest BCUT2D eigenvalue weighted by Gasteiger charge is -2.12. The van der Waals surface area contributed by atoms with E-state index in [4.69, 9.17) is 5.73 Å². The van der Waals surface area contributed by atoms with Crippen LogP contribution >= 0.6 is 0 Å². The van der Waals surface area contributed by atoms with Crippen LogP contribution in [0.15, 0.2) is 30.7 Å². The fourth-order valence-corrected chi connectivity index (χ4v) is 2.60. The zero-order valence-corrected chi connectivity index (χ0v) is 12.8. The van der Waals surface area contributed by atoms with Gasteiger partial charge in [0.2, 0.25) is 0 Å². The SMILES string of the molecule is CCC(CC)n1ccc(Cn2ccc(CC(C)N)c2)n1. The van der Waals surface area contributed by atoms with Gasteiger partial charge in [-0.3, -0.25) is 4.68 Å². The first-order valence-corrected chi connectivity index (χ1v) is 7.56. The largest absolute Gasteiger partial charge is 0.348 e. The van der Waals surface area contributed by atoms with Crippen LogP contribution in [0.3, 0.4) is 0 Å². The Morgan fingerprint density at radius 1 is 1.20 bits per heavy atom. The molecule has 0 aliphatic heterocycles. The standard InChI is InChI=1S/C16H26N4/c1-4-16(5-2)20-9-7-15(18-20)12-19-8-6-14(11-19)10-13(3)17/h6-9,11,13,16H,4-5,10,12,17H2,1-3H3. The number of nitrogens with zero attached hydrogens (tertiary/aromatic N) is 3. The quantitative estimate of drug-likeness (QED) is 0.844. The van der Waals surface area contributed by atoms with Crippen molar-refractivity contribution in [3.63, 3.8) is 0 Å². The van der Waals surface area contributed by atoms with Crippen LogP contribution in [0.1, 0.15) is 50.9 Å². The lowest BCUT2D eigenvalue weighted by molar-refractivity contribution is 0.424. The average Bonchev–Trinajstić information content (AvgIpc) is 3.01. The van der Waals surface area contributed by atoms with E-state index in [1.54, 1.807) is 0 Å². The van der Waals surface area contributed by atoms with Crippen LogP contribution in [0, 0.1) is 0 Å². The molecule has 0 saturated heterocycles. The smallest absolute Gasteiger partial charge is 0.0821 e. The second kappa shape index (κ2) is 6.75. The monoisotopic (exact) mass is 274 g/mol. The van der Waals surface area contributed by atoms with E-state index in [0.717, 1.165) is 31.5 Å². The summed E-state index contributed by atoms with van der Waals surface area (Å²) >= 11 is 0. The summed E-state index contributed by atoms with van der Waals surface area (Å²) in [6.07, 6.45) is 9.54. The van der Waals surface area contributed by atoms with E-state index in [1.165, 1.54) is 5.56 Å². The maximum absolute atomic E-state index is 5.83. The van der Waals surface area contributed by atoms with Crippen LogP contribution in [-0.2, 0) is 13.0 Å². The summed E-state index contributed by atoms with van der Waals surface area (Å²) in [6, 6.07) is 4.98. The molecule has 2 rings (SSSR count). The third-order valence-corrected chi connectivity index (χ3v) is 3.69. The molecule has 4 nitrogen and oxygen atoms in total. The Bertz CT molecular complexity index is 520. The molecular formula is C16H26N4. The maximum Gasteiger partial charge on any atom is 0.0821 e. The Labute approximate surface area is 121 Å². The molecule has 0 bridgehead atoms. The maximum atomic E-state index is 5.83. The molecule has 1 unspecified atom stereocenters. The molecule has 2 aromatic rings. The lowest BCUT2D eigenvalue weighted by Crippen LogP contribution is -2.17. The molecule has 20 heavy (non-hydrogen) atoms. The summed E-state index contributed by atoms with van der Waals surface area (Å²) < 4.78 is 4.28. The van der Waals surface area contributed by atoms with Crippen molar-refractivity contribution >= 4 is 0 Å². The first-order chi connectivity index (χ1) is 9.62. The average molecular weight is 274 g/mol. The lowest BCUT2D eigenvalue weighted by atomic mass is 10.1. The van der Waals surface area contributed by atoms with Crippen LogP contribution in [-0.4, -0.2) is 20.4 Å². The highest BCUT2D eigenvalue weighted by Gasteiger charge is 2.08. The Hall–Kier alpha value is -1.55. The molecule has 0 amide bonds. The van der Waals surface area contributed by atoms with Gasteiger partial charge in [-0.15, -0.1) is 0 Å². The number of hydrogen-bond donors (Lipinski definition) is 1. The van der Waals surface area contributed by atoms with Crippen molar-refractivity contribution in [1.82, 2.24) is 14.3 Å². The van der Waals surface area contributed by atoms with Crippen molar-refractivity contribution in [1.29, 1.82) is 0 Å². The Morgan fingerprint density at radius 3 is 2.60 bits per heavy atom. The summed E-state index contributed by atoms with van der Waals surface area (Å²) in [4.78, 5) is 0. The first kappa shape index (κ1) is 14.9. The van der Waals surface area contributed by atoms with Crippen molar-refractivity contribution in [2.75, 3.05) is 0 Å². The number of rotatable bonds is 7. The molecular weight excluding hydrogens is 248 g/mol. The van der Waals surface area contributed by atoms with Gasteiger partial charge in [0, 0.05) is 24.6 Å². The second-order valence-corrected chi connectivity index (χ2v) is 5.63. The van der Waals surface area contributed by atoms with Crippen LogP contribution in [0.2, 0.25) is 0 Å². The number of nitrogens with two attached hydrogens (primary N) is 1. The van der Waals surface area contributed by atoms with Gasteiger partial charge in [-0.2, -0.15) is 5.10 Å². The van der Waals surface area contributed by atoms with Crippen molar-refractivity contribution in [2.45, 2.75) is 58.7 Å². The normalized spacial score (nSPS) is 13.1. The van der Waals surface area contributed by atoms with Crippen molar-refractivity contribution < 1.29 is 0 Å². The van der Waals surface area contributed by atoms with Crippen LogP contribution in [0.5, 0.6) is 0 Å². The molecule has 2 N–H and O–H groups in total. The summed E-state index contributed by atoms with van der Waals surface area (Å²) in [7, 11) is 0. The van der Waals surface area contributed by atoms with Gasteiger partial charge in [0.25, 0.3) is 0 Å². The molecule has 0 fully saturated rings. The highest BCUT2D eigenvalue weighted by Crippen LogP contribution is 2.15. The molecule has 110 valence electrons. The molecule has 0 spiro atoms. The number of aromatic nitrogens is 3. The minimum atomic E-state index is 0.208. The summed E-state index contributed by atoms with van der Waals surface area (Å²) in [5, 5.41) is 4.69. The molecule has 0 aliphatic rings. The summed E-state index contributed by atoms with van der Waals surface area (Å²) in [6.45, 7) is 7.28. The summed E-state index contributed by atoms with van der Waals surface area (Å²) in [5.74, 6) is 0. The fraction of sp³-hybridized carbons (Fsp3) is 0.562. The van der Waals surface area contributed by atoms with Crippen molar-refractivity contribution in [2.24, 2.45) is 5.73 Å². The molecule has 1 atom stereocenters. The van der Waals surface area contributed by atoms with Gasteiger partial charge >= 0.3 is 0 Å². The fourth-order valence-electron chi connectivity index (χ4n) is 2.60. The molecule has 0 aromatic carbocycles. The first-order valence-electron chi connectivity index (χ1n) is 7.56. The van der Waals surface area contributed by atoms with Gasteiger partial charge < -0.3 is 10.3 Å². The highest BCUT2D eigenvalue weighted by molar-refractivity contribution is 5.13. The van der Waals surface area contributed by atoms with Crippen LogP contribution < -0.4 is 5.73 Å². The molecule has 2 heterocycles. The molecule has 4 heteroatoms. The summed E-state index contributed by atoms with van der Waals surface area (Å²) in [5.41, 5.74) is 8.23. The number of hydrogen-bond acceptors (Lipinski definition) is 2. The molecule has 2 aromatic heterocycles. The minimum absolute atomic E-state index is 0.208. The van der Waals surface area contributed by atoms with Crippen molar-refractivity contribution in [3.8, 4) is 0 Å². The Kier molecular flexibility index (Phi) is 5.01. The van der Waals surface area contributed by atoms with Gasteiger partial charge in [-0.25, -0.2) is 0 Å². The van der Waals surface area contributed by atoms with Gasteiger partial charge in [0.1, 0.15) is 0 Å². The molecule has 0 saturated carbocycles. The third-order valence-electron chi connectivity index (χ3n) is 3.69. The van der Waals surface area contributed by atoms with E-state index in [0.29, 0.717) is 6.04 Å². The zero-order chi connectivity index (χ0) is 14.5. The second-order valence-electron chi connectivity index (χ2n) is 5.63. The van der Waals surface area contributed by atoms with E-state index < -0.39 is 0 Å². The van der Waals surface area contributed by atoms with Crippen LogP contribution in [0.4, 0.5) is 0 Å². The third kappa shape index (κ3) is 3.73. The van der Waals surface area contributed by atoms with Gasteiger partial charge in [0.15, 0.2) is 0 Å². The highest BCUT2D eigenvalue weighted by atomic mass is 15.3.